The molecule has 2 aliphatic rings. The summed E-state index contributed by atoms with van der Waals surface area (Å²) in [6.45, 7) is 4.92. The van der Waals surface area contributed by atoms with Crippen molar-refractivity contribution in [2.75, 3.05) is 5.75 Å². The highest BCUT2D eigenvalue weighted by molar-refractivity contribution is 9.11. The summed E-state index contributed by atoms with van der Waals surface area (Å²) < 4.78 is 45.5. The van der Waals surface area contributed by atoms with Crippen LogP contribution < -0.4 is 10.6 Å². The molecular formula is C21H21BrClFN2O5S. The summed E-state index contributed by atoms with van der Waals surface area (Å²) in [5.41, 5.74) is -0.0648. The van der Waals surface area contributed by atoms with Crippen molar-refractivity contribution in [1.82, 2.24) is 10.6 Å². The van der Waals surface area contributed by atoms with Crippen LogP contribution in [0.15, 0.2) is 56.9 Å². The Balaban J connectivity index is 2.04. The van der Waals surface area contributed by atoms with E-state index in [9.17, 15) is 22.4 Å². The summed E-state index contributed by atoms with van der Waals surface area (Å²) in [6.07, 6.45) is 0.550. The zero-order valence-electron chi connectivity index (χ0n) is 17.5. The molecule has 172 valence electrons. The molecular weight excluding hydrogens is 527 g/mol. The van der Waals surface area contributed by atoms with Gasteiger partial charge in [0.2, 0.25) is 5.95 Å². The van der Waals surface area contributed by atoms with Crippen LogP contribution in [-0.2, 0) is 25.8 Å². The fourth-order valence-electron chi connectivity index (χ4n) is 3.23. The van der Waals surface area contributed by atoms with Gasteiger partial charge in [0.15, 0.2) is 15.6 Å². The first kappa shape index (κ1) is 24.5. The number of sulfone groups is 1. The summed E-state index contributed by atoms with van der Waals surface area (Å²) in [5.74, 6) is -2.34. The van der Waals surface area contributed by atoms with Crippen molar-refractivity contribution < 1.29 is 27.1 Å². The first-order chi connectivity index (χ1) is 14.8. The van der Waals surface area contributed by atoms with Crippen molar-refractivity contribution in [2.45, 2.75) is 38.8 Å². The number of ketones is 1. The number of Topliss-reactive ketones (excluding diaryl/α,β-unsaturated/α-hetero) is 1. The molecule has 2 aliphatic heterocycles. The van der Waals surface area contributed by atoms with Gasteiger partial charge < -0.3 is 15.4 Å². The van der Waals surface area contributed by atoms with Crippen molar-refractivity contribution >= 4 is 49.2 Å². The van der Waals surface area contributed by atoms with Gasteiger partial charge in [-0.15, -0.1) is 0 Å². The lowest BCUT2D eigenvalue weighted by Crippen LogP contribution is -2.51. The van der Waals surface area contributed by atoms with E-state index in [1.54, 1.807) is 45.0 Å². The number of ether oxygens (including phenoxy) is 1. The van der Waals surface area contributed by atoms with E-state index in [0.29, 0.717) is 5.02 Å². The van der Waals surface area contributed by atoms with Gasteiger partial charge in [0, 0.05) is 5.02 Å². The molecule has 2 heterocycles. The SMILES string of the molecule is CC(C)(C)OC(=O)N[C@H]1CS(=O)(=O)C2=C(C1=O)C(Cc1ccc(Cl)cc1)=CC(Br)=C(F)N2. The van der Waals surface area contributed by atoms with Crippen LogP contribution in [0.1, 0.15) is 26.3 Å². The van der Waals surface area contributed by atoms with E-state index in [-0.39, 0.29) is 22.0 Å². The molecule has 0 fully saturated rings. The Morgan fingerprint density at radius 1 is 1.31 bits per heavy atom. The molecule has 0 saturated heterocycles. The summed E-state index contributed by atoms with van der Waals surface area (Å²) in [4.78, 5) is 25.5. The molecule has 7 nitrogen and oxygen atoms in total. The predicted octanol–water partition coefficient (Wildman–Crippen LogP) is 4.05. The van der Waals surface area contributed by atoms with Crippen molar-refractivity contribution in [3.8, 4) is 0 Å². The van der Waals surface area contributed by atoms with Crippen LogP contribution in [-0.4, -0.2) is 37.7 Å². The van der Waals surface area contributed by atoms with E-state index in [0.717, 1.165) is 5.56 Å². The first-order valence-corrected chi connectivity index (χ1v) is 12.4. The molecule has 1 aromatic rings. The third-order valence-electron chi connectivity index (χ3n) is 4.54. The number of hydrogen-bond acceptors (Lipinski definition) is 6. The summed E-state index contributed by atoms with van der Waals surface area (Å²) in [6, 6.07) is 5.35. The topological polar surface area (TPSA) is 102 Å². The van der Waals surface area contributed by atoms with Crippen LogP contribution in [0.25, 0.3) is 0 Å². The number of hydrogen-bond donors (Lipinski definition) is 2. The number of halogens is 3. The Kier molecular flexibility index (Phi) is 6.88. The molecule has 0 radical (unpaired) electrons. The third kappa shape index (κ3) is 5.60. The van der Waals surface area contributed by atoms with Gasteiger partial charge >= 0.3 is 6.09 Å². The van der Waals surface area contributed by atoms with E-state index in [2.05, 4.69) is 26.6 Å². The lowest BCUT2D eigenvalue weighted by Gasteiger charge is -2.28. The molecule has 0 unspecified atom stereocenters. The van der Waals surface area contributed by atoms with Crippen molar-refractivity contribution in [2.24, 2.45) is 0 Å². The van der Waals surface area contributed by atoms with Crippen molar-refractivity contribution in [3.05, 3.63) is 67.5 Å². The van der Waals surface area contributed by atoms with Gasteiger partial charge in [-0.05, 0) is 72.5 Å². The average molecular weight is 548 g/mol. The molecule has 0 aromatic heterocycles. The second-order valence-corrected chi connectivity index (χ2v) is 11.6. The zero-order valence-corrected chi connectivity index (χ0v) is 20.6. The van der Waals surface area contributed by atoms with Gasteiger partial charge in [-0.2, -0.15) is 4.39 Å². The van der Waals surface area contributed by atoms with E-state index in [4.69, 9.17) is 16.3 Å². The minimum Gasteiger partial charge on any atom is -0.444 e. The minimum atomic E-state index is -4.15. The number of amides is 1. The second-order valence-electron chi connectivity index (χ2n) is 8.31. The van der Waals surface area contributed by atoms with Gasteiger partial charge in [0.05, 0.1) is 15.8 Å². The number of nitrogens with one attached hydrogen (secondary N) is 2. The summed E-state index contributed by atoms with van der Waals surface area (Å²) >= 11 is 8.99. The maximum absolute atomic E-state index is 14.5. The molecule has 1 amide bonds. The Bertz CT molecular complexity index is 1170. The van der Waals surface area contributed by atoms with E-state index >= 15 is 0 Å². The van der Waals surface area contributed by atoms with Crippen LogP contribution in [0.5, 0.6) is 0 Å². The molecule has 0 aliphatic carbocycles. The molecule has 32 heavy (non-hydrogen) atoms. The van der Waals surface area contributed by atoms with E-state index in [1.807, 2.05) is 0 Å². The molecule has 0 spiro atoms. The Morgan fingerprint density at radius 2 is 1.94 bits per heavy atom. The number of rotatable bonds is 3. The highest BCUT2D eigenvalue weighted by Crippen LogP contribution is 2.34. The molecule has 0 saturated carbocycles. The fraction of sp³-hybridized carbons (Fsp3) is 0.333. The highest BCUT2D eigenvalue weighted by Gasteiger charge is 2.43. The molecule has 3 rings (SSSR count). The minimum absolute atomic E-state index is 0.0458. The molecule has 11 heteroatoms. The van der Waals surface area contributed by atoms with E-state index in [1.165, 1.54) is 6.08 Å². The van der Waals surface area contributed by atoms with Gasteiger partial charge in [-0.1, -0.05) is 23.7 Å². The monoisotopic (exact) mass is 546 g/mol. The largest absolute Gasteiger partial charge is 0.444 e. The number of alkyl carbamates (subject to hydrolysis) is 1. The zero-order chi connectivity index (χ0) is 23.8. The van der Waals surface area contributed by atoms with Crippen LogP contribution in [0.3, 0.4) is 0 Å². The van der Waals surface area contributed by atoms with Crippen LogP contribution in [0, 0.1) is 0 Å². The lowest BCUT2D eigenvalue weighted by atomic mass is 9.92. The predicted molar refractivity (Wildman–Crippen MR) is 122 cm³/mol. The number of allylic oxidation sites excluding steroid dienone is 3. The normalized spacial score (nSPS) is 20.8. The van der Waals surface area contributed by atoms with Gasteiger partial charge in [0.25, 0.3) is 0 Å². The van der Waals surface area contributed by atoms with Gasteiger partial charge in [0.1, 0.15) is 16.7 Å². The van der Waals surface area contributed by atoms with Crippen LogP contribution in [0.4, 0.5) is 9.18 Å². The maximum Gasteiger partial charge on any atom is 0.408 e. The Labute approximate surface area is 198 Å². The smallest absolute Gasteiger partial charge is 0.408 e. The first-order valence-electron chi connectivity index (χ1n) is 9.55. The Hall–Kier alpha value is -2.17. The van der Waals surface area contributed by atoms with Gasteiger partial charge in [-0.25, -0.2) is 13.2 Å². The van der Waals surface area contributed by atoms with Crippen molar-refractivity contribution in [3.63, 3.8) is 0 Å². The second kappa shape index (κ2) is 8.99. The molecule has 2 N–H and O–H groups in total. The fourth-order valence-corrected chi connectivity index (χ4v) is 5.36. The molecule has 1 atom stereocenters. The Morgan fingerprint density at radius 3 is 2.53 bits per heavy atom. The molecule has 0 bridgehead atoms. The highest BCUT2D eigenvalue weighted by atomic mass is 79.9. The summed E-state index contributed by atoms with van der Waals surface area (Å²) in [5, 5.41) is 4.52. The van der Waals surface area contributed by atoms with Crippen LogP contribution >= 0.6 is 27.5 Å². The number of benzene rings is 1. The average Bonchev–Trinajstić information content (AvgIpc) is 2.77. The molecule has 1 aromatic carbocycles. The van der Waals surface area contributed by atoms with Crippen LogP contribution in [0.2, 0.25) is 5.02 Å². The quantitative estimate of drug-likeness (QED) is 0.554. The maximum atomic E-state index is 14.5. The third-order valence-corrected chi connectivity index (χ3v) is 7.07. The number of carbonyl (C=O) groups excluding carboxylic acids is 2. The van der Waals surface area contributed by atoms with Gasteiger partial charge in [-0.3, -0.25) is 4.79 Å². The summed E-state index contributed by atoms with van der Waals surface area (Å²) in [7, 11) is -4.15. The number of carbonyl (C=O) groups is 2. The lowest BCUT2D eigenvalue weighted by molar-refractivity contribution is -0.117. The standard InChI is InChI=1S/C21H21BrClFN2O5S/c1-21(2,3)31-20(28)25-15-10-32(29,30)19-16(17(15)27)12(9-14(22)18(24)26-19)8-11-4-6-13(23)7-5-11/h4-7,9,15,26H,8,10H2,1-3H3,(H,25,28)/t15-/m0/s1. The van der Waals surface area contributed by atoms with E-state index < -0.39 is 50.1 Å². The van der Waals surface area contributed by atoms with Crippen molar-refractivity contribution in [1.29, 1.82) is 0 Å².